The van der Waals surface area contributed by atoms with Gasteiger partial charge in [0.05, 0.1) is 12.8 Å². The molecule has 178 valence electrons. The number of carbonyl (C=O) groups is 1. The van der Waals surface area contributed by atoms with Crippen molar-refractivity contribution in [3.63, 3.8) is 0 Å². The number of benzene rings is 2. The Morgan fingerprint density at radius 2 is 1.64 bits per heavy atom. The Hall–Kier alpha value is -2.73. The van der Waals surface area contributed by atoms with Crippen molar-refractivity contribution in [3.05, 3.63) is 53.6 Å². The van der Waals surface area contributed by atoms with Gasteiger partial charge in [-0.05, 0) is 57.2 Å². The highest BCUT2D eigenvalue weighted by atomic mass is 16.5. The highest BCUT2D eigenvalue weighted by molar-refractivity contribution is 5.95. The standard InChI is InChI=1S/C27H38N4O2/c1-20(2)29-16-18-30(19-17-29)24-6-5-7-25(33-4)26(24)28-27(32)31-14-12-23(13-15-31)22-10-8-21(3)9-11-22/h5-11,20,23H,12-19H2,1-4H3,(H,28,32). The molecule has 2 fully saturated rings. The smallest absolute Gasteiger partial charge is 0.322 e. The maximum Gasteiger partial charge on any atom is 0.322 e. The van der Waals surface area contributed by atoms with Gasteiger partial charge in [-0.3, -0.25) is 4.90 Å². The predicted molar refractivity (Wildman–Crippen MR) is 136 cm³/mol. The molecule has 0 atom stereocenters. The van der Waals surface area contributed by atoms with Crippen LogP contribution in [0.4, 0.5) is 16.2 Å². The van der Waals surface area contributed by atoms with E-state index in [-0.39, 0.29) is 6.03 Å². The minimum Gasteiger partial charge on any atom is -0.494 e. The number of aryl methyl sites for hydroxylation is 1. The van der Waals surface area contributed by atoms with Crippen molar-refractivity contribution in [2.75, 3.05) is 56.6 Å². The number of nitrogens with one attached hydrogen (secondary N) is 1. The number of para-hydroxylation sites is 1. The van der Waals surface area contributed by atoms with Crippen molar-refractivity contribution in [2.24, 2.45) is 0 Å². The molecular formula is C27H38N4O2. The van der Waals surface area contributed by atoms with E-state index in [0.29, 0.717) is 17.7 Å². The molecule has 1 N–H and O–H groups in total. The molecular weight excluding hydrogens is 412 g/mol. The maximum atomic E-state index is 13.2. The van der Waals surface area contributed by atoms with Gasteiger partial charge in [0, 0.05) is 45.3 Å². The molecule has 2 aliphatic heterocycles. The van der Waals surface area contributed by atoms with E-state index in [1.807, 2.05) is 17.0 Å². The van der Waals surface area contributed by atoms with E-state index in [1.165, 1.54) is 11.1 Å². The Balaban J connectivity index is 1.42. The lowest BCUT2D eigenvalue weighted by Gasteiger charge is -2.39. The van der Waals surface area contributed by atoms with Crippen LogP contribution in [0.1, 0.15) is 43.7 Å². The summed E-state index contributed by atoms with van der Waals surface area (Å²) in [6.45, 7) is 12.1. The summed E-state index contributed by atoms with van der Waals surface area (Å²) < 4.78 is 5.64. The van der Waals surface area contributed by atoms with Gasteiger partial charge < -0.3 is 19.9 Å². The Kier molecular flexibility index (Phi) is 7.43. The number of likely N-dealkylation sites (tertiary alicyclic amines) is 1. The van der Waals surface area contributed by atoms with Gasteiger partial charge >= 0.3 is 6.03 Å². The summed E-state index contributed by atoms with van der Waals surface area (Å²) in [5, 5.41) is 3.20. The molecule has 2 amide bonds. The number of ether oxygens (including phenoxy) is 1. The van der Waals surface area contributed by atoms with Crippen molar-refractivity contribution in [1.29, 1.82) is 0 Å². The molecule has 2 heterocycles. The number of methoxy groups -OCH3 is 1. The highest BCUT2D eigenvalue weighted by Gasteiger charge is 2.27. The van der Waals surface area contributed by atoms with Crippen LogP contribution in [0.3, 0.4) is 0 Å². The summed E-state index contributed by atoms with van der Waals surface area (Å²) in [7, 11) is 1.67. The van der Waals surface area contributed by atoms with Crippen LogP contribution in [-0.4, -0.2) is 68.3 Å². The molecule has 6 nitrogen and oxygen atoms in total. The molecule has 2 aliphatic rings. The van der Waals surface area contributed by atoms with Gasteiger partial charge in [-0.2, -0.15) is 0 Å². The number of hydrogen-bond donors (Lipinski definition) is 1. The zero-order chi connectivity index (χ0) is 23.4. The van der Waals surface area contributed by atoms with Crippen molar-refractivity contribution in [1.82, 2.24) is 9.80 Å². The van der Waals surface area contributed by atoms with Crippen LogP contribution in [0.5, 0.6) is 5.75 Å². The minimum atomic E-state index is -0.0380. The van der Waals surface area contributed by atoms with Crippen molar-refractivity contribution in [2.45, 2.75) is 45.6 Å². The number of piperazine rings is 1. The number of anilines is 2. The summed E-state index contributed by atoms with van der Waals surface area (Å²) in [4.78, 5) is 20.0. The van der Waals surface area contributed by atoms with Crippen LogP contribution in [0, 0.1) is 6.92 Å². The summed E-state index contributed by atoms with van der Waals surface area (Å²) in [6.07, 6.45) is 1.98. The lowest BCUT2D eigenvalue weighted by atomic mass is 9.89. The van der Waals surface area contributed by atoms with Gasteiger partial charge in [0.25, 0.3) is 0 Å². The fourth-order valence-electron chi connectivity index (χ4n) is 5.00. The zero-order valence-corrected chi connectivity index (χ0v) is 20.5. The molecule has 2 aromatic carbocycles. The fraction of sp³-hybridized carbons (Fsp3) is 0.519. The molecule has 0 spiro atoms. The third-order valence-electron chi connectivity index (χ3n) is 7.17. The maximum absolute atomic E-state index is 13.2. The number of piperidine rings is 1. The summed E-state index contributed by atoms with van der Waals surface area (Å²) >= 11 is 0. The number of amides is 2. The molecule has 0 aromatic heterocycles. The second kappa shape index (κ2) is 10.5. The van der Waals surface area contributed by atoms with Crippen LogP contribution in [0.15, 0.2) is 42.5 Å². The van der Waals surface area contributed by atoms with Gasteiger partial charge in [-0.25, -0.2) is 4.79 Å². The molecule has 0 saturated carbocycles. The quantitative estimate of drug-likeness (QED) is 0.701. The van der Waals surface area contributed by atoms with Gasteiger partial charge in [0.2, 0.25) is 0 Å². The van der Waals surface area contributed by atoms with Crippen LogP contribution in [0.2, 0.25) is 0 Å². The van der Waals surface area contributed by atoms with Crippen LogP contribution >= 0.6 is 0 Å². The van der Waals surface area contributed by atoms with Crippen molar-refractivity contribution in [3.8, 4) is 5.75 Å². The van der Waals surface area contributed by atoms with Crippen LogP contribution < -0.4 is 15.0 Å². The second-order valence-corrected chi connectivity index (χ2v) is 9.57. The van der Waals surface area contributed by atoms with E-state index in [1.54, 1.807) is 7.11 Å². The predicted octanol–water partition coefficient (Wildman–Crippen LogP) is 4.95. The Morgan fingerprint density at radius 3 is 2.24 bits per heavy atom. The lowest BCUT2D eigenvalue weighted by Crippen LogP contribution is -2.49. The third kappa shape index (κ3) is 5.44. The lowest BCUT2D eigenvalue weighted by molar-refractivity contribution is 0.194. The number of hydrogen-bond acceptors (Lipinski definition) is 4. The highest BCUT2D eigenvalue weighted by Crippen LogP contribution is 2.36. The Morgan fingerprint density at radius 1 is 0.970 bits per heavy atom. The number of rotatable bonds is 5. The molecule has 0 aliphatic carbocycles. The molecule has 4 rings (SSSR count). The molecule has 2 saturated heterocycles. The molecule has 0 bridgehead atoms. The normalized spacial score (nSPS) is 18.0. The van der Waals surface area contributed by atoms with E-state index in [2.05, 4.69) is 66.2 Å². The van der Waals surface area contributed by atoms with E-state index >= 15 is 0 Å². The number of carbonyl (C=O) groups excluding carboxylic acids is 1. The van der Waals surface area contributed by atoms with Crippen molar-refractivity contribution < 1.29 is 9.53 Å². The first-order valence-electron chi connectivity index (χ1n) is 12.2. The summed E-state index contributed by atoms with van der Waals surface area (Å²) in [5.41, 5.74) is 4.49. The average Bonchev–Trinajstić information content (AvgIpc) is 2.85. The van der Waals surface area contributed by atoms with Gasteiger partial charge in [0.15, 0.2) is 0 Å². The number of urea groups is 1. The number of nitrogens with zero attached hydrogens (tertiary/aromatic N) is 3. The van der Waals surface area contributed by atoms with Gasteiger partial charge in [0.1, 0.15) is 11.4 Å². The monoisotopic (exact) mass is 450 g/mol. The first kappa shape index (κ1) is 23.4. The topological polar surface area (TPSA) is 48.1 Å². The van der Waals surface area contributed by atoms with Crippen LogP contribution in [0.25, 0.3) is 0 Å². The zero-order valence-electron chi connectivity index (χ0n) is 20.5. The first-order valence-corrected chi connectivity index (χ1v) is 12.2. The van der Waals surface area contributed by atoms with Crippen molar-refractivity contribution >= 4 is 17.4 Å². The van der Waals surface area contributed by atoms with Gasteiger partial charge in [-0.1, -0.05) is 35.9 Å². The molecule has 0 unspecified atom stereocenters. The van der Waals surface area contributed by atoms with Gasteiger partial charge in [-0.15, -0.1) is 0 Å². The summed E-state index contributed by atoms with van der Waals surface area (Å²) in [6, 6.07) is 15.4. The van der Waals surface area contributed by atoms with E-state index < -0.39 is 0 Å². The Labute approximate surface area is 198 Å². The van der Waals surface area contributed by atoms with Crippen LogP contribution in [-0.2, 0) is 0 Å². The minimum absolute atomic E-state index is 0.0380. The largest absolute Gasteiger partial charge is 0.494 e. The van der Waals surface area contributed by atoms with E-state index in [0.717, 1.165) is 63.5 Å². The molecule has 33 heavy (non-hydrogen) atoms. The first-order chi connectivity index (χ1) is 16.0. The SMILES string of the molecule is COc1cccc(N2CCN(C(C)C)CC2)c1NC(=O)N1CCC(c2ccc(C)cc2)CC1. The second-order valence-electron chi connectivity index (χ2n) is 9.57. The molecule has 0 radical (unpaired) electrons. The van der Waals surface area contributed by atoms with E-state index in [4.69, 9.17) is 4.74 Å². The molecule has 6 heteroatoms. The third-order valence-corrected chi connectivity index (χ3v) is 7.17. The van der Waals surface area contributed by atoms with E-state index in [9.17, 15) is 4.79 Å². The Bertz CT molecular complexity index is 928. The molecule has 2 aromatic rings. The average molecular weight is 451 g/mol. The fourth-order valence-corrected chi connectivity index (χ4v) is 5.00. The summed E-state index contributed by atoms with van der Waals surface area (Å²) in [5.74, 6) is 1.23.